The van der Waals surface area contributed by atoms with Crippen LogP contribution in [0.4, 0.5) is 11.6 Å². The van der Waals surface area contributed by atoms with Gasteiger partial charge in [-0.3, -0.25) is 8.80 Å². The van der Waals surface area contributed by atoms with Crippen LogP contribution in [0.5, 0.6) is 0 Å². The van der Waals surface area contributed by atoms with Gasteiger partial charge in [-0.05, 0) is 69.7 Å². The number of benzene rings is 1. The van der Waals surface area contributed by atoms with Gasteiger partial charge in [0.25, 0.3) is 10.0 Å². The van der Waals surface area contributed by atoms with Crippen LogP contribution in [0.1, 0.15) is 79.0 Å². The second kappa shape index (κ2) is 15.6. The number of anilines is 2. The molecule has 308 valence electrons. The Morgan fingerprint density at radius 1 is 0.661 bits per heavy atom. The molecule has 8 aromatic heterocycles. The van der Waals surface area contributed by atoms with Crippen molar-refractivity contribution in [1.82, 2.24) is 68.1 Å². The molecule has 62 heavy (non-hydrogen) atoms. The molecule has 2 fully saturated rings. The topological polar surface area (TPSA) is 264 Å². The first kappa shape index (κ1) is 38.3. The lowest BCUT2D eigenvalue weighted by molar-refractivity contribution is 0.588. The number of nitrogens with one attached hydrogen (secondary N) is 3. The van der Waals surface area contributed by atoms with E-state index in [0.717, 1.165) is 72.5 Å². The Bertz CT molecular complexity index is 3290. The minimum absolute atomic E-state index is 0.117. The molecule has 9 aromatic rings. The molecule has 0 unspecified atom stereocenters. The molecule has 0 saturated heterocycles. The van der Waals surface area contributed by atoms with Crippen molar-refractivity contribution in [3.05, 3.63) is 115 Å². The summed E-state index contributed by atoms with van der Waals surface area (Å²) in [4.78, 5) is 28.7. The van der Waals surface area contributed by atoms with Gasteiger partial charge in [0.15, 0.2) is 34.0 Å². The number of aromatic amines is 1. The molecule has 2 aliphatic rings. The summed E-state index contributed by atoms with van der Waals surface area (Å²) in [5.41, 5.74) is 5.69. The largest absolute Gasteiger partial charge is 0.366 e. The Morgan fingerprint density at radius 2 is 1.24 bits per heavy atom. The van der Waals surface area contributed by atoms with E-state index in [-0.39, 0.29) is 28.6 Å². The van der Waals surface area contributed by atoms with E-state index in [0.29, 0.717) is 40.1 Å². The van der Waals surface area contributed by atoms with E-state index in [1.807, 2.05) is 35.7 Å². The molecule has 3 N–H and O–H groups in total. The van der Waals surface area contributed by atoms with E-state index in [1.54, 1.807) is 55.1 Å². The van der Waals surface area contributed by atoms with Crippen molar-refractivity contribution in [3.8, 4) is 12.1 Å². The fourth-order valence-corrected chi connectivity index (χ4v) is 9.73. The van der Waals surface area contributed by atoms with Gasteiger partial charge in [0.2, 0.25) is 0 Å². The molecule has 1 aromatic carbocycles. The summed E-state index contributed by atoms with van der Waals surface area (Å²) in [6.07, 6.45) is 18.4. The van der Waals surface area contributed by atoms with Crippen LogP contribution >= 0.6 is 0 Å². The maximum absolute atomic E-state index is 13.3. The second-order valence-corrected chi connectivity index (χ2v) is 17.2. The Hall–Kier alpha value is -7.91. The molecule has 0 radical (unpaired) electrons. The fraction of sp³-hybridized carbons (Fsp3) is 0.268. The van der Waals surface area contributed by atoms with Crippen LogP contribution < -0.4 is 10.6 Å². The summed E-state index contributed by atoms with van der Waals surface area (Å²) >= 11 is 0. The Morgan fingerprint density at radius 3 is 1.81 bits per heavy atom. The molecule has 0 amide bonds. The van der Waals surface area contributed by atoms with Crippen molar-refractivity contribution in [1.29, 1.82) is 10.5 Å². The maximum atomic E-state index is 13.3. The third kappa shape index (κ3) is 7.03. The van der Waals surface area contributed by atoms with Gasteiger partial charge in [0, 0.05) is 36.3 Å². The SMILES string of the molecule is Cc1ccc(S(=O)(=O)n2ccc3c2ncc2nnc([C@@H]4CC[C@H](Nc5cnc(C#N)cn5)C4)n23)cc1.N#Cc1cnc(N[C@H]2CC[C@@H](c3nnc4cnc5[nH]ccc5n34)C2)cn1. The van der Waals surface area contributed by atoms with Crippen molar-refractivity contribution in [2.45, 2.75) is 74.3 Å². The fourth-order valence-electron chi connectivity index (χ4n) is 8.43. The highest BCUT2D eigenvalue weighted by molar-refractivity contribution is 7.90. The first-order valence-electron chi connectivity index (χ1n) is 19.9. The predicted octanol–water partition coefficient (Wildman–Crippen LogP) is 5.05. The number of hydrogen-bond acceptors (Lipinski definition) is 16. The van der Waals surface area contributed by atoms with Crippen molar-refractivity contribution in [2.24, 2.45) is 0 Å². The summed E-state index contributed by atoms with van der Waals surface area (Å²) in [6.45, 7) is 1.91. The molecule has 11 rings (SSSR count). The van der Waals surface area contributed by atoms with Crippen LogP contribution in [0.2, 0.25) is 0 Å². The number of aromatic nitrogens is 14. The van der Waals surface area contributed by atoms with Gasteiger partial charge >= 0.3 is 0 Å². The predicted molar refractivity (Wildman–Crippen MR) is 224 cm³/mol. The van der Waals surface area contributed by atoms with Gasteiger partial charge in [0.05, 0.1) is 53.1 Å². The normalized spacial score (nSPS) is 18.8. The highest BCUT2D eigenvalue weighted by Crippen LogP contribution is 2.37. The molecular formula is C41H36N18O2S. The first-order chi connectivity index (χ1) is 30.2. The standard InChI is InChI=1S/C24H21N9O2S.C17H15N9/c1-15-2-6-19(7-3-15)36(34,35)32-9-8-20-24(32)28-14-22-30-31-23(33(20)22)16-4-5-17(10-16)29-21-13-26-18(11-25)12-27-21;18-6-12-7-21-14(8-20-12)23-11-2-1-10(5-11)17-25-24-15-9-22-16-13(26(15)17)3-4-19-16/h2-3,6-9,12-14,16-17H,4-5,10H2,1H3,(H,27,29);3-4,7-11,19H,1-2,5H2,(H,21,23)/t16-,17+;10-,11+/m11/s1. The van der Waals surface area contributed by atoms with Crippen LogP contribution in [0.15, 0.2) is 90.9 Å². The van der Waals surface area contributed by atoms with Crippen molar-refractivity contribution in [3.63, 3.8) is 0 Å². The summed E-state index contributed by atoms with van der Waals surface area (Å²) in [6, 6.07) is 14.9. The summed E-state index contributed by atoms with van der Waals surface area (Å²) in [5.74, 6) is 3.50. The molecule has 2 aliphatic carbocycles. The number of aryl methyl sites for hydroxylation is 1. The highest BCUT2D eigenvalue weighted by Gasteiger charge is 2.32. The first-order valence-corrected chi connectivity index (χ1v) is 21.4. The van der Waals surface area contributed by atoms with Crippen LogP contribution in [0.25, 0.3) is 33.6 Å². The number of fused-ring (bicyclic) bond motifs is 6. The average molecular weight is 845 g/mol. The third-order valence-electron chi connectivity index (χ3n) is 11.4. The van der Waals surface area contributed by atoms with Crippen LogP contribution in [-0.2, 0) is 10.0 Å². The number of rotatable bonds is 8. The van der Waals surface area contributed by atoms with Crippen LogP contribution in [-0.4, -0.2) is 88.6 Å². The van der Waals surface area contributed by atoms with Crippen LogP contribution in [0.3, 0.4) is 0 Å². The molecule has 21 heteroatoms. The van der Waals surface area contributed by atoms with Gasteiger partial charge in [-0.25, -0.2) is 42.3 Å². The van der Waals surface area contributed by atoms with E-state index >= 15 is 0 Å². The number of nitriles is 2. The van der Waals surface area contributed by atoms with Crippen LogP contribution in [0, 0.1) is 29.6 Å². The van der Waals surface area contributed by atoms with E-state index in [1.165, 1.54) is 22.6 Å². The van der Waals surface area contributed by atoms with E-state index in [4.69, 9.17) is 10.5 Å². The lowest BCUT2D eigenvalue weighted by Gasteiger charge is -2.13. The molecular weight excluding hydrogens is 809 g/mol. The summed E-state index contributed by atoms with van der Waals surface area (Å²) < 4.78 is 31.9. The van der Waals surface area contributed by atoms with Crippen molar-refractivity contribution in [2.75, 3.05) is 10.6 Å². The zero-order chi connectivity index (χ0) is 42.4. The molecule has 0 aliphatic heterocycles. The number of nitrogens with zero attached hydrogens (tertiary/aromatic N) is 15. The number of hydrogen-bond donors (Lipinski definition) is 3. The van der Waals surface area contributed by atoms with Gasteiger partial charge in [-0.1, -0.05) is 17.7 Å². The summed E-state index contributed by atoms with van der Waals surface area (Å²) in [7, 11) is -3.81. The zero-order valence-corrected chi connectivity index (χ0v) is 33.9. The minimum atomic E-state index is -3.81. The second-order valence-electron chi connectivity index (χ2n) is 15.4. The van der Waals surface area contributed by atoms with E-state index in [2.05, 4.69) is 70.3 Å². The molecule has 0 spiro atoms. The van der Waals surface area contributed by atoms with E-state index in [9.17, 15) is 8.42 Å². The van der Waals surface area contributed by atoms with Crippen molar-refractivity contribution < 1.29 is 8.42 Å². The summed E-state index contributed by atoms with van der Waals surface area (Å²) in [5, 5.41) is 42.0. The molecule has 0 bridgehead atoms. The molecule has 2 saturated carbocycles. The third-order valence-corrected chi connectivity index (χ3v) is 13.1. The lowest BCUT2D eigenvalue weighted by Crippen LogP contribution is -2.17. The maximum Gasteiger partial charge on any atom is 0.269 e. The lowest BCUT2D eigenvalue weighted by atomic mass is 10.1. The smallest absolute Gasteiger partial charge is 0.269 e. The monoisotopic (exact) mass is 844 g/mol. The quantitative estimate of drug-likeness (QED) is 0.181. The minimum Gasteiger partial charge on any atom is -0.366 e. The molecule has 8 heterocycles. The average Bonchev–Trinajstić information content (AvgIpc) is 4.15. The van der Waals surface area contributed by atoms with Crippen molar-refractivity contribution >= 4 is 55.3 Å². The molecule has 20 nitrogen and oxygen atoms in total. The molecule has 4 atom stereocenters. The number of H-pyrrole nitrogens is 1. The Labute approximate surface area is 352 Å². The van der Waals surface area contributed by atoms with Gasteiger partial charge in [0.1, 0.15) is 35.4 Å². The van der Waals surface area contributed by atoms with E-state index < -0.39 is 10.0 Å². The Balaban J connectivity index is 0.000000156. The van der Waals surface area contributed by atoms with Gasteiger partial charge in [-0.15, -0.1) is 20.4 Å². The highest BCUT2D eigenvalue weighted by atomic mass is 32.2. The van der Waals surface area contributed by atoms with Gasteiger partial charge < -0.3 is 15.6 Å². The zero-order valence-electron chi connectivity index (χ0n) is 33.1. The van der Waals surface area contributed by atoms with Gasteiger partial charge in [-0.2, -0.15) is 10.5 Å². The Kier molecular flexibility index (Phi) is 9.64.